The number of fused-ring (bicyclic) bond motifs is 11. The van der Waals surface area contributed by atoms with E-state index < -0.39 is 0 Å². The normalized spacial score (nSPS) is 15.6. The minimum absolute atomic E-state index is 0.0152. The zero-order chi connectivity index (χ0) is 56.9. The summed E-state index contributed by atoms with van der Waals surface area (Å²) in [6.07, 6.45) is 15.3. The van der Waals surface area contributed by atoms with Gasteiger partial charge in [0.25, 0.3) is 0 Å². The molecule has 406 valence electrons. The van der Waals surface area contributed by atoms with Crippen LogP contribution in [0.3, 0.4) is 0 Å². The highest BCUT2D eigenvalue weighted by atomic mass is 16.5. The molecule has 0 spiro atoms. The van der Waals surface area contributed by atoms with Crippen molar-refractivity contribution in [2.45, 2.75) is 45.1 Å². The van der Waals surface area contributed by atoms with Gasteiger partial charge in [-0.2, -0.15) is 0 Å². The lowest BCUT2D eigenvalue weighted by Gasteiger charge is -2.28. The quantitative estimate of drug-likeness (QED) is 0.128. The smallest absolute Gasteiger partial charge is 0.143 e. The van der Waals surface area contributed by atoms with Gasteiger partial charge in [-0.25, -0.2) is 0 Å². The summed E-state index contributed by atoms with van der Waals surface area (Å²) < 4.78 is 15.7. The van der Waals surface area contributed by atoms with Crippen molar-refractivity contribution in [1.82, 2.24) is 4.57 Å². The highest BCUT2D eigenvalue weighted by Crippen LogP contribution is 2.55. The summed E-state index contributed by atoms with van der Waals surface area (Å²) in [6, 6.07) is 86.9. The number of nitrogens with zero attached hydrogens (tertiary/aromatic N) is 2. The molecule has 0 saturated heterocycles. The SMILES string of the molecule is C/C=C\C(=C/C)c1c(-c2ccccc2)c2cc3c(cc2n1-c1ccccc1)C(C)(C)c1cc(-c2ccc(N(c4ccc(-c5cccc6c5OC5C=CC=CC65)cc4)c4ccc(-c5cccc6c5oc5ccccc56)cc4)c4ccccc24)ccc1-3. The van der Waals surface area contributed by atoms with E-state index in [4.69, 9.17) is 9.15 Å². The van der Waals surface area contributed by atoms with Gasteiger partial charge in [-0.3, -0.25) is 0 Å². The average molecular weight is 1090 g/mol. The number of ether oxygens (including phenoxy) is 1. The molecule has 4 nitrogen and oxygen atoms in total. The summed E-state index contributed by atoms with van der Waals surface area (Å²) >= 11 is 0. The number of rotatable bonds is 10. The van der Waals surface area contributed by atoms with E-state index >= 15 is 0 Å². The lowest BCUT2D eigenvalue weighted by molar-refractivity contribution is 0.270. The Bertz CT molecular complexity index is 4950. The minimum Gasteiger partial charge on any atom is -0.484 e. The first-order valence-electron chi connectivity index (χ1n) is 29.7. The highest BCUT2D eigenvalue weighted by Gasteiger charge is 2.38. The van der Waals surface area contributed by atoms with E-state index in [-0.39, 0.29) is 17.4 Å². The Hall–Kier alpha value is -10.4. The molecule has 16 rings (SSSR count). The third kappa shape index (κ3) is 7.96. The second-order valence-corrected chi connectivity index (χ2v) is 23.3. The van der Waals surface area contributed by atoms with E-state index in [9.17, 15) is 0 Å². The molecule has 1 aliphatic heterocycles. The zero-order valence-electron chi connectivity index (χ0n) is 47.9. The van der Waals surface area contributed by atoms with Gasteiger partial charge in [0.1, 0.15) is 23.0 Å². The predicted octanol–water partition coefficient (Wildman–Crippen LogP) is 22.1. The Kier molecular flexibility index (Phi) is 11.8. The van der Waals surface area contributed by atoms with Crippen LogP contribution in [0.15, 0.2) is 284 Å². The number of anilines is 3. The molecule has 0 saturated carbocycles. The van der Waals surface area contributed by atoms with Crippen LogP contribution in [0, 0.1) is 0 Å². The van der Waals surface area contributed by atoms with E-state index in [0.29, 0.717) is 0 Å². The molecule has 2 atom stereocenters. The van der Waals surface area contributed by atoms with Crippen molar-refractivity contribution in [3.63, 3.8) is 0 Å². The van der Waals surface area contributed by atoms with Crippen LogP contribution in [0.4, 0.5) is 17.1 Å². The molecule has 3 aliphatic rings. The lowest BCUT2D eigenvalue weighted by atomic mass is 9.81. The molecule has 0 fully saturated rings. The standard InChI is InChI=1S/C81H60N2O2/c1-5-21-51(6-2)78-77(54-22-9-7-10-23-54)70-49-69-63-45-40-55(48-71(63)81(3,4)72(69)50-74(70)83(78)56-24-11-8-12-25-56)59-46-47-73(64-27-14-13-26-62(59)64)82(57-41-36-52(37-42-57)60-30-19-32-67-65-28-15-17-34-75(65)84-79(60)67)58-43-38-53(39-44-58)61-31-20-33-68-66-29-16-18-35-76(66)85-80(61)68/h5-50,65,75H,1-4H3/b21-5-,51-6+. The summed E-state index contributed by atoms with van der Waals surface area (Å²) in [5.41, 5.74) is 25.1. The number of hydrogen-bond acceptors (Lipinski definition) is 3. The minimum atomic E-state index is -0.292. The van der Waals surface area contributed by atoms with Crippen LogP contribution in [0.5, 0.6) is 5.75 Å². The third-order valence-electron chi connectivity index (χ3n) is 18.2. The fourth-order valence-electron chi connectivity index (χ4n) is 14.2. The molecule has 2 aliphatic carbocycles. The highest BCUT2D eigenvalue weighted by molar-refractivity contribution is 6.11. The molecule has 0 amide bonds. The van der Waals surface area contributed by atoms with Crippen LogP contribution < -0.4 is 9.64 Å². The Balaban J connectivity index is 0.825. The van der Waals surface area contributed by atoms with Gasteiger partial charge in [-0.05, 0) is 148 Å². The summed E-state index contributed by atoms with van der Waals surface area (Å²) in [5.74, 6) is 1.19. The van der Waals surface area contributed by atoms with Crippen molar-refractivity contribution >= 4 is 66.2 Å². The fraction of sp³-hybridized carbons (Fsp3) is 0.0864. The maximum atomic E-state index is 6.67. The van der Waals surface area contributed by atoms with E-state index in [1.54, 1.807) is 0 Å². The van der Waals surface area contributed by atoms with Crippen molar-refractivity contribution in [3.05, 3.63) is 302 Å². The molecule has 3 heterocycles. The molecular formula is C81H60N2O2. The first-order valence-corrected chi connectivity index (χ1v) is 29.7. The van der Waals surface area contributed by atoms with Crippen molar-refractivity contribution in [3.8, 4) is 67.1 Å². The molecular weight excluding hydrogens is 1030 g/mol. The second-order valence-electron chi connectivity index (χ2n) is 23.3. The molecule has 4 heteroatoms. The maximum Gasteiger partial charge on any atom is 0.143 e. The molecule has 11 aromatic carbocycles. The van der Waals surface area contributed by atoms with Gasteiger partial charge in [0, 0.05) is 72.2 Å². The van der Waals surface area contributed by atoms with Gasteiger partial charge < -0.3 is 18.6 Å². The molecule has 2 unspecified atom stereocenters. The Morgan fingerprint density at radius 3 is 1.89 bits per heavy atom. The van der Waals surface area contributed by atoms with Crippen LogP contribution in [0.25, 0.3) is 111 Å². The summed E-state index contributed by atoms with van der Waals surface area (Å²) in [6.45, 7) is 9.07. The summed E-state index contributed by atoms with van der Waals surface area (Å²) in [4.78, 5) is 2.42. The number of allylic oxidation sites excluding steroid dienone is 6. The van der Waals surface area contributed by atoms with E-state index in [1.165, 1.54) is 77.6 Å². The number of hydrogen-bond donors (Lipinski definition) is 0. The third-order valence-corrected chi connectivity index (χ3v) is 18.2. The van der Waals surface area contributed by atoms with Crippen molar-refractivity contribution in [2.75, 3.05) is 4.90 Å². The molecule has 13 aromatic rings. The van der Waals surface area contributed by atoms with Crippen LogP contribution in [0.2, 0.25) is 0 Å². The average Bonchev–Trinajstić information content (AvgIpc) is 1.86. The van der Waals surface area contributed by atoms with Crippen molar-refractivity contribution in [1.29, 1.82) is 0 Å². The topological polar surface area (TPSA) is 30.5 Å². The number of furan rings is 1. The number of benzene rings is 11. The molecule has 0 bridgehead atoms. The van der Waals surface area contributed by atoms with E-state index in [0.717, 1.165) is 78.1 Å². The van der Waals surface area contributed by atoms with Crippen molar-refractivity contribution in [2.24, 2.45) is 0 Å². The summed E-state index contributed by atoms with van der Waals surface area (Å²) in [7, 11) is 0. The monoisotopic (exact) mass is 1090 g/mol. The van der Waals surface area contributed by atoms with Gasteiger partial charge in [0.15, 0.2) is 0 Å². The Morgan fingerprint density at radius 2 is 1.13 bits per heavy atom. The first-order chi connectivity index (χ1) is 41.8. The zero-order valence-corrected chi connectivity index (χ0v) is 47.9. The Labute approximate surface area is 495 Å². The fourth-order valence-corrected chi connectivity index (χ4v) is 14.2. The van der Waals surface area contributed by atoms with E-state index in [1.807, 2.05) is 6.07 Å². The van der Waals surface area contributed by atoms with Gasteiger partial charge in [-0.15, -0.1) is 0 Å². The predicted molar refractivity (Wildman–Crippen MR) is 356 cm³/mol. The van der Waals surface area contributed by atoms with Gasteiger partial charge in [-0.1, -0.05) is 220 Å². The van der Waals surface area contributed by atoms with E-state index in [2.05, 4.69) is 310 Å². The van der Waals surface area contributed by atoms with Crippen LogP contribution >= 0.6 is 0 Å². The number of aromatic nitrogens is 1. The summed E-state index contributed by atoms with van der Waals surface area (Å²) in [5, 5.41) is 5.83. The van der Waals surface area contributed by atoms with Crippen LogP contribution in [-0.2, 0) is 5.41 Å². The first kappa shape index (κ1) is 50.3. The molecule has 0 radical (unpaired) electrons. The van der Waals surface area contributed by atoms with Crippen molar-refractivity contribution < 1.29 is 9.15 Å². The Morgan fingerprint density at radius 1 is 0.494 bits per heavy atom. The second kappa shape index (κ2) is 19.9. The molecule has 2 aromatic heterocycles. The molecule has 0 N–H and O–H groups in total. The van der Waals surface area contributed by atoms with Gasteiger partial charge >= 0.3 is 0 Å². The van der Waals surface area contributed by atoms with Crippen LogP contribution in [0.1, 0.15) is 56.0 Å². The molecule has 85 heavy (non-hydrogen) atoms. The maximum absolute atomic E-state index is 6.67. The largest absolute Gasteiger partial charge is 0.484 e. The van der Waals surface area contributed by atoms with Gasteiger partial charge in [0.2, 0.25) is 0 Å². The lowest BCUT2D eigenvalue weighted by Crippen LogP contribution is -2.15. The number of para-hydroxylation sites is 4. The van der Waals surface area contributed by atoms with Crippen LogP contribution in [-0.4, -0.2) is 10.7 Å². The van der Waals surface area contributed by atoms with Gasteiger partial charge in [0.05, 0.1) is 16.9 Å².